The van der Waals surface area contributed by atoms with Crippen LogP contribution in [0.3, 0.4) is 0 Å². The molecule has 0 aliphatic heterocycles. The number of carbonyl (C=O) groups is 1. The lowest BCUT2D eigenvalue weighted by Gasteiger charge is -2.26. The van der Waals surface area contributed by atoms with E-state index in [1.165, 1.54) is 0 Å². The molecule has 0 aliphatic rings. The summed E-state index contributed by atoms with van der Waals surface area (Å²) >= 11 is 5.80. The summed E-state index contributed by atoms with van der Waals surface area (Å²) in [5.41, 5.74) is 0.733. The van der Waals surface area contributed by atoms with Gasteiger partial charge in [0, 0.05) is 16.6 Å². The molecule has 1 atom stereocenters. The molecule has 3 heteroatoms. The van der Waals surface area contributed by atoms with Crippen LogP contribution in [-0.4, -0.2) is 29.8 Å². The molecule has 0 aliphatic carbocycles. The molecular formula is C14H20ClNO. The number of nitrogens with zero attached hydrogens (tertiary/aromatic N) is 1. The van der Waals surface area contributed by atoms with Gasteiger partial charge in [-0.25, -0.2) is 0 Å². The average Bonchev–Trinajstić information content (AvgIpc) is 2.35. The van der Waals surface area contributed by atoms with E-state index in [9.17, 15) is 4.79 Å². The fourth-order valence-electron chi connectivity index (χ4n) is 1.75. The van der Waals surface area contributed by atoms with Gasteiger partial charge in [-0.2, -0.15) is 0 Å². The number of hydrogen-bond acceptors (Lipinski definition) is 2. The van der Waals surface area contributed by atoms with Crippen LogP contribution in [0.4, 0.5) is 0 Å². The molecule has 1 rings (SSSR count). The molecule has 1 aromatic carbocycles. The zero-order chi connectivity index (χ0) is 12.8. The van der Waals surface area contributed by atoms with Crippen LogP contribution >= 0.6 is 11.6 Å². The fourth-order valence-corrected chi connectivity index (χ4v) is 1.88. The van der Waals surface area contributed by atoms with Crippen LogP contribution in [0.15, 0.2) is 24.3 Å². The Morgan fingerprint density at radius 2 is 1.88 bits per heavy atom. The van der Waals surface area contributed by atoms with Gasteiger partial charge in [-0.15, -0.1) is 0 Å². The summed E-state index contributed by atoms with van der Waals surface area (Å²) in [7, 11) is 0. The molecule has 0 saturated heterocycles. The Balaban J connectivity index is 2.67. The largest absolute Gasteiger partial charge is 0.293 e. The number of likely N-dealkylation sites (N-methyl/N-ethyl adjacent to an activating group) is 1. The highest BCUT2D eigenvalue weighted by Gasteiger charge is 2.15. The van der Waals surface area contributed by atoms with E-state index in [0.717, 1.165) is 18.5 Å². The van der Waals surface area contributed by atoms with Gasteiger partial charge in [-0.1, -0.05) is 25.4 Å². The number of halogens is 1. The second-order valence-electron chi connectivity index (χ2n) is 4.25. The first-order chi connectivity index (χ1) is 8.08. The molecule has 94 valence electrons. The minimum absolute atomic E-state index is 0.156. The van der Waals surface area contributed by atoms with Crippen molar-refractivity contribution >= 4 is 17.4 Å². The van der Waals surface area contributed by atoms with Crippen molar-refractivity contribution < 1.29 is 4.79 Å². The zero-order valence-electron chi connectivity index (χ0n) is 10.7. The van der Waals surface area contributed by atoms with Crippen LogP contribution in [0.2, 0.25) is 5.02 Å². The summed E-state index contributed by atoms with van der Waals surface area (Å²) in [5.74, 6) is 0.156. The molecule has 0 bridgehead atoms. The van der Waals surface area contributed by atoms with E-state index in [1.807, 2.05) is 0 Å². The minimum atomic E-state index is 0.156. The summed E-state index contributed by atoms with van der Waals surface area (Å²) in [5, 5.41) is 0.663. The third-order valence-electron chi connectivity index (χ3n) is 3.13. The summed E-state index contributed by atoms with van der Waals surface area (Å²) in [6, 6.07) is 7.53. The van der Waals surface area contributed by atoms with E-state index >= 15 is 0 Å². The van der Waals surface area contributed by atoms with Crippen LogP contribution in [0.5, 0.6) is 0 Å². The monoisotopic (exact) mass is 253 g/mol. The summed E-state index contributed by atoms with van der Waals surface area (Å²) in [6.45, 7) is 7.75. The lowest BCUT2D eigenvalue weighted by Crippen LogP contribution is -2.36. The summed E-state index contributed by atoms with van der Waals surface area (Å²) in [4.78, 5) is 14.3. The number of carbonyl (C=O) groups excluding carboxylic acids is 1. The van der Waals surface area contributed by atoms with Crippen molar-refractivity contribution in [1.82, 2.24) is 4.90 Å². The predicted molar refractivity (Wildman–Crippen MR) is 72.8 cm³/mol. The summed E-state index contributed by atoms with van der Waals surface area (Å²) in [6.07, 6.45) is 1.06. The lowest BCUT2D eigenvalue weighted by atomic mass is 10.1. The maximum Gasteiger partial charge on any atom is 0.176 e. The molecule has 0 aromatic heterocycles. The van der Waals surface area contributed by atoms with Crippen LogP contribution in [0.25, 0.3) is 0 Å². The Kier molecular flexibility index (Phi) is 5.66. The lowest BCUT2D eigenvalue weighted by molar-refractivity contribution is 0.0902. The summed E-state index contributed by atoms with van der Waals surface area (Å²) < 4.78 is 0. The van der Waals surface area contributed by atoms with Gasteiger partial charge in [-0.3, -0.25) is 9.69 Å². The number of hydrogen-bond donors (Lipinski definition) is 0. The van der Waals surface area contributed by atoms with Crippen molar-refractivity contribution in [3.63, 3.8) is 0 Å². The zero-order valence-corrected chi connectivity index (χ0v) is 11.5. The second kappa shape index (κ2) is 6.77. The van der Waals surface area contributed by atoms with Gasteiger partial charge in [0.1, 0.15) is 0 Å². The molecule has 0 N–H and O–H groups in total. The molecule has 0 amide bonds. The number of rotatable bonds is 6. The van der Waals surface area contributed by atoms with Crippen LogP contribution < -0.4 is 0 Å². The number of Topliss-reactive ketones (excluding diaryl/α,β-unsaturated/α-hetero) is 1. The Labute approximate surface area is 109 Å². The highest BCUT2D eigenvalue weighted by atomic mass is 35.5. The van der Waals surface area contributed by atoms with Gasteiger partial charge < -0.3 is 0 Å². The van der Waals surface area contributed by atoms with Crippen molar-refractivity contribution in [2.45, 2.75) is 33.2 Å². The quantitative estimate of drug-likeness (QED) is 0.722. The first-order valence-corrected chi connectivity index (χ1v) is 6.49. The molecule has 2 nitrogen and oxygen atoms in total. The SMILES string of the molecule is CCC(C)N(CC)CC(=O)c1ccc(Cl)cc1. The van der Waals surface area contributed by atoms with Crippen LogP contribution in [0, 0.1) is 0 Å². The van der Waals surface area contributed by atoms with E-state index in [0.29, 0.717) is 17.6 Å². The Hall–Kier alpha value is -0.860. The molecule has 0 fully saturated rings. The third-order valence-corrected chi connectivity index (χ3v) is 3.39. The van der Waals surface area contributed by atoms with Gasteiger partial charge >= 0.3 is 0 Å². The molecule has 0 radical (unpaired) electrons. The maximum absolute atomic E-state index is 12.1. The van der Waals surface area contributed by atoms with E-state index in [2.05, 4.69) is 25.7 Å². The number of ketones is 1. The average molecular weight is 254 g/mol. The van der Waals surface area contributed by atoms with Crippen molar-refractivity contribution in [3.05, 3.63) is 34.9 Å². The topological polar surface area (TPSA) is 20.3 Å². The highest BCUT2D eigenvalue weighted by Crippen LogP contribution is 2.11. The molecule has 0 heterocycles. The van der Waals surface area contributed by atoms with Gasteiger partial charge in [0.25, 0.3) is 0 Å². The van der Waals surface area contributed by atoms with Gasteiger partial charge in [-0.05, 0) is 44.2 Å². The fraction of sp³-hybridized carbons (Fsp3) is 0.500. The maximum atomic E-state index is 12.1. The van der Waals surface area contributed by atoms with Crippen molar-refractivity contribution in [3.8, 4) is 0 Å². The number of benzene rings is 1. The highest BCUT2D eigenvalue weighted by molar-refractivity contribution is 6.30. The van der Waals surface area contributed by atoms with Crippen molar-refractivity contribution in [1.29, 1.82) is 0 Å². The van der Waals surface area contributed by atoms with E-state index in [4.69, 9.17) is 11.6 Å². The molecule has 17 heavy (non-hydrogen) atoms. The molecular weight excluding hydrogens is 234 g/mol. The Bertz CT molecular complexity index is 361. The molecule has 1 aromatic rings. The smallest absolute Gasteiger partial charge is 0.176 e. The first-order valence-electron chi connectivity index (χ1n) is 6.11. The third kappa shape index (κ3) is 4.14. The molecule has 0 spiro atoms. The van der Waals surface area contributed by atoms with Crippen molar-refractivity contribution in [2.24, 2.45) is 0 Å². The van der Waals surface area contributed by atoms with Crippen molar-refractivity contribution in [2.75, 3.05) is 13.1 Å². The van der Waals surface area contributed by atoms with Gasteiger partial charge in [0.05, 0.1) is 6.54 Å². The van der Waals surface area contributed by atoms with Crippen LogP contribution in [0.1, 0.15) is 37.6 Å². The minimum Gasteiger partial charge on any atom is -0.293 e. The Morgan fingerprint density at radius 3 is 2.35 bits per heavy atom. The van der Waals surface area contributed by atoms with Crippen LogP contribution in [-0.2, 0) is 0 Å². The first kappa shape index (κ1) is 14.2. The Morgan fingerprint density at radius 1 is 1.29 bits per heavy atom. The second-order valence-corrected chi connectivity index (χ2v) is 4.69. The molecule has 1 unspecified atom stereocenters. The van der Waals surface area contributed by atoms with E-state index < -0.39 is 0 Å². The molecule has 0 saturated carbocycles. The van der Waals surface area contributed by atoms with Gasteiger partial charge in [0.15, 0.2) is 5.78 Å². The van der Waals surface area contributed by atoms with E-state index in [1.54, 1.807) is 24.3 Å². The normalized spacial score (nSPS) is 12.8. The standard InChI is InChI=1S/C14H20ClNO/c1-4-11(3)16(5-2)10-14(17)12-6-8-13(15)9-7-12/h6-9,11H,4-5,10H2,1-3H3. The van der Waals surface area contributed by atoms with Gasteiger partial charge in [0.2, 0.25) is 0 Å². The van der Waals surface area contributed by atoms with E-state index in [-0.39, 0.29) is 5.78 Å². The predicted octanol–water partition coefficient (Wildman–Crippen LogP) is 3.64.